The van der Waals surface area contributed by atoms with Gasteiger partial charge in [-0.05, 0) is 11.0 Å². The first-order chi connectivity index (χ1) is 8.30. The van der Waals surface area contributed by atoms with Crippen molar-refractivity contribution in [3.8, 4) is 0 Å². The van der Waals surface area contributed by atoms with E-state index in [0.717, 1.165) is 0 Å². The molecule has 0 spiro atoms. The highest BCUT2D eigenvalue weighted by atomic mass is 19.4. The highest BCUT2D eigenvalue weighted by Crippen LogP contribution is 2.82. The number of rotatable bonds is 3. The molecule has 6 heteroatoms. The quantitative estimate of drug-likeness (QED) is 0.548. The van der Waals surface area contributed by atoms with E-state index in [4.69, 9.17) is 0 Å². The van der Waals surface area contributed by atoms with Crippen LogP contribution in [0, 0.1) is 0 Å². The maximum Gasteiger partial charge on any atom is 0.484 e. The zero-order valence-electron chi connectivity index (χ0n) is 9.48. The average Bonchev–Trinajstić information content (AvgIpc) is 2.11. The zero-order chi connectivity index (χ0) is 13.2. The molecular weight excluding hydrogens is 250 g/mol. The van der Waals surface area contributed by atoms with Crippen LogP contribution in [0.4, 0.5) is 21.7 Å². The molecule has 3 aliphatic rings. The van der Waals surface area contributed by atoms with Crippen molar-refractivity contribution in [1.29, 1.82) is 0 Å². The van der Waals surface area contributed by atoms with Crippen LogP contribution < -0.4 is 0 Å². The van der Waals surface area contributed by atoms with E-state index in [9.17, 15) is 21.7 Å². The topological polar surface area (TPSA) is 0 Å². The van der Waals surface area contributed by atoms with Crippen LogP contribution in [0.3, 0.4) is 0 Å². The average molecular weight is 261 g/mol. The molecule has 0 saturated heterocycles. The van der Waals surface area contributed by atoms with E-state index in [1.807, 2.05) is 0 Å². The summed E-state index contributed by atoms with van der Waals surface area (Å²) in [5, 5.41) is -1.53. The van der Waals surface area contributed by atoms with Gasteiger partial charge in [0, 0.05) is 5.56 Å². The third-order valence-electron chi connectivity index (χ3n) is 4.53. The molecule has 0 aliphatic heterocycles. The fourth-order valence-corrected chi connectivity index (χ4v) is 3.67. The van der Waals surface area contributed by atoms with E-state index in [-0.39, 0.29) is 24.8 Å². The zero-order valence-corrected chi connectivity index (χ0v) is 9.48. The fraction of sp³-hybridized carbons (Fsp3) is 0.500. The van der Waals surface area contributed by atoms with Gasteiger partial charge in [0.15, 0.2) is 0 Å². The Kier molecular flexibility index (Phi) is 2.18. The van der Waals surface area contributed by atoms with E-state index >= 15 is 0 Å². The van der Waals surface area contributed by atoms with Crippen molar-refractivity contribution in [3.63, 3.8) is 0 Å². The van der Waals surface area contributed by atoms with Crippen molar-refractivity contribution in [2.24, 2.45) is 0 Å². The third kappa shape index (κ3) is 1.32. The van der Waals surface area contributed by atoms with Gasteiger partial charge < -0.3 is 12.9 Å². The van der Waals surface area contributed by atoms with Gasteiger partial charge in [-0.1, -0.05) is 48.8 Å². The highest BCUT2D eigenvalue weighted by Gasteiger charge is 2.74. The van der Waals surface area contributed by atoms with Crippen molar-refractivity contribution in [2.75, 3.05) is 0 Å². The molecule has 0 heterocycles. The van der Waals surface area contributed by atoms with Crippen molar-refractivity contribution in [3.05, 3.63) is 35.4 Å². The molecule has 1 aromatic carbocycles. The van der Waals surface area contributed by atoms with Crippen molar-refractivity contribution in [1.82, 2.24) is 0 Å². The van der Waals surface area contributed by atoms with Gasteiger partial charge >= 0.3 is 6.98 Å². The number of alkyl halides is 2. The van der Waals surface area contributed by atoms with Gasteiger partial charge in [-0.3, -0.25) is 0 Å². The Bertz CT molecular complexity index is 474. The van der Waals surface area contributed by atoms with Gasteiger partial charge in [0.25, 0.3) is 6.43 Å². The minimum Gasteiger partial charge on any atom is -0.449 e. The molecule has 0 amide bonds. The highest BCUT2D eigenvalue weighted by molar-refractivity contribution is 6.63. The Hall–Kier alpha value is -1.07. The number of halogens is 5. The predicted molar refractivity (Wildman–Crippen MR) is 58.7 cm³/mol. The lowest BCUT2D eigenvalue weighted by molar-refractivity contribution is -0.0424. The summed E-state index contributed by atoms with van der Waals surface area (Å²) in [6, 6.07) is 5.98. The first kappa shape index (κ1) is 12.0. The number of hydrogen-bond acceptors (Lipinski definition) is 0. The molecule has 0 aromatic heterocycles. The van der Waals surface area contributed by atoms with Crippen LogP contribution in [0.15, 0.2) is 24.3 Å². The van der Waals surface area contributed by atoms with Gasteiger partial charge in [-0.2, -0.15) is 0 Å². The standard InChI is InChI=1S/C12H11BF5/c14-10(15)8-3-1-2-4-9(8)11-5-12(6-11,7-11)13(16,17)18/h1-4,10H,5-7H2/q-1. The number of benzene rings is 1. The lowest BCUT2D eigenvalue weighted by Crippen LogP contribution is -2.67. The molecule has 3 fully saturated rings. The molecule has 1 aromatic rings. The molecule has 0 atom stereocenters. The summed E-state index contributed by atoms with van der Waals surface area (Å²) in [5.74, 6) is 0. The minimum absolute atomic E-state index is 0.00671. The normalized spacial score (nSPS) is 34.1. The van der Waals surface area contributed by atoms with Crippen LogP contribution in [0.2, 0.25) is 5.31 Å². The molecule has 98 valence electrons. The molecule has 0 radical (unpaired) electrons. The minimum atomic E-state index is -4.85. The van der Waals surface area contributed by atoms with Gasteiger partial charge in [0.05, 0.1) is 0 Å². The molecule has 4 rings (SSSR count). The van der Waals surface area contributed by atoms with E-state index in [1.165, 1.54) is 12.1 Å². The lowest BCUT2D eigenvalue weighted by Gasteiger charge is -2.75. The SMILES string of the molecule is FC(F)c1ccccc1C12CC([B-](F)(F)F)(C1)C2. The van der Waals surface area contributed by atoms with E-state index < -0.39 is 24.1 Å². The maximum absolute atomic E-state index is 12.8. The maximum atomic E-state index is 12.8. The largest absolute Gasteiger partial charge is 0.484 e. The molecule has 3 aliphatic carbocycles. The Morgan fingerprint density at radius 2 is 1.56 bits per heavy atom. The molecule has 0 unspecified atom stereocenters. The Morgan fingerprint density at radius 3 is 2.06 bits per heavy atom. The van der Waals surface area contributed by atoms with Gasteiger partial charge in [-0.15, -0.1) is 0 Å². The van der Waals surface area contributed by atoms with Gasteiger partial charge in [-0.25, -0.2) is 8.78 Å². The number of hydrogen-bond donors (Lipinski definition) is 0. The Morgan fingerprint density at radius 1 is 1.00 bits per heavy atom. The first-order valence-electron chi connectivity index (χ1n) is 5.87. The van der Waals surface area contributed by atoms with Crippen molar-refractivity contribution < 1.29 is 21.7 Å². The summed E-state index contributed by atoms with van der Waals surface area (Å²) in [6.45, 7) is -4.85. The summed E-state index contributed by atoms with van der Waals surface area (Å²) in [5.41, 5.74) is -0.327. The first-order valence-corrected chi connectivity index (χ1v) is 5.87. The summed E-state index contributed by atoms with van der Waals surface area (Å²) in [6.07, 6.45) is -2.64. The lowest BCUT2D eigenvalue weighted by atomic mass is 9.23. The van der Waals surface area contributed by atoms with E-state index in [2.05, 4.69) is 0 Å². The molecular formula is C12H11BF5-. The molecule has 0 N–H and O–H groups in total. The monoisotopic (exact) mass is 261 g/mol. The molecule has 3 saturated carbocycles. The van der Waals surface area contributed by atoms with Crippen LogP contribution in [0.5, 0.6) is 0 Å². The second-order valence-electron chi connectivity index (χ2n) is 5.64. The van der Waals surface area contributed by atoms with E-state index in [1.54, 1.807) is 12.1 Å². The fourth-order valence-electron chi connectivity index (χ4n) is 3.67. The molecule has 2 bridgehead atoms. The van der Waals surface area contributed by atoms with Crippen LogP contribution in [0.1, 0.15) is 36.8 Å². The summed E-state index contributed by atoms with van der Waals surface area (Å²) >= 11 is 0. The summed E-state index contributed by atoms with van der Waals surface area (Å²) in [4.78, 5) is 0. The Balaban J connectivity index is 1.89. The van der Waals surface area contributed by atoms with Gasteiger partial charge in [0.2, 0.25) is 0 Å². The van der Waals surface area contributed by atoms with Crippen LogP contribution >= 0.6 is 0 Å². The second-order valence-corrected chi connectivity index (χ2v) is 5.64. The molecule has 18 heavy (non-hydrogen) atoms. The van der Waals surface area contributed by atoms with Crippen molar-refractivity contribution >= 4 is 6.98 Å². The summed E-state index contributed by atoms with van der Waals surface area (Å²) < 4.78 is 64.0. The van der Waals surface area contributed by atoms with Crippen LogP contribution in [0.25, 0.3) is 0 Å². The van der Waals surface area contributed by atoms with Crippen LogP contribution in [-0.2, 0) is 5.41 Å². The molecule has 0 nitrogen and oxygen atoms in total. The predicted octanol–water partition coefficient (Wildman–Crippen LogP) is 4.65. The smallest absolute Gasteiger partial charge is 0.449 e. The van der Waals surface area contributed by atoms with Crippen molar-refractivity contribution in [2.45, 2.75) is 36.4 Å². The summed E-state index contributed by atoms with van der Waals surface area (Å²) in [7, 11) is 0. The van der Waals surface area contributed by atoms with Crippen LogP contribution in [-0.4, -0.2) is 6.98 Å². The van der Waals surface area contributed by atoms with Gasteiger partial charge in [0.1, 0.15) is 0 Å². The Labute approximate surface area is 101 Å². The third-order valence-corrected chi connectivity index (χ3v) is 4.53. The second kappa shape index (κ2) is 3.28. The van der Waals surface area contributed by atoms with E-state index in [0.29, 0.717) is 5.56 Å².